The Kier molecular flexibility index (Phi) is 6.32. The van der Waals surface area contributed by atoms with Crippen LogP contribution < -0.4 is 10.1 Å². The summed E-state index contributed by atoms with van der Waals surface area (Å²) in [6.07, 6.45) is 1.43. The first-order valence-electron chi connectivity index (χ1n) is 10.3. The van der Waals surface area contributed by atoms with Gasteiger partial charge in [-0.15, -0.1) is 0 Å². The van der Waals surface area contributed by atoms with E-state index in [1.54, 1.807) is 30.0 Å². The number of ether oxygens (including phenoxy) is 2. The lowest BCUT2D eigenvalue weighted by Crippen LogP contribution is -2.16. The molecule has 1 N–H and O–H groups in total. The van der Waals surface area contributed by atoms with E-state index in [4.69, 9.17) is 21.1 Å². The van der Waals surface area contributed by atoms with Gasteiger partial charge in [-0.2, -0.15) is 10.2 Å². The van der Waals surface area contributed by atoms with Crippen molar-refractivity contribution in [3.8, 4) is 17.0 Å². The number of hydrogen-bond acceptors (Lipinski definition) is 5. The van der Waals surface area contributed by atoms with Gasteiger partial charge in [0.15, 0.2) is 0 Å². The number of fused-ring (bicyclic) bond motifs is 1. The van der Waals surface area contributed by atoms with Crippen LogP contribution in [0.25, 0.3) is 22.2 Å². The van der Waals surface area contributed by atoms with E-state index in [1.807, 2.05) is 49.0 Å². The van der Waals surface area contributed by atoms with E-state index in [9.17, 15) is 4.79 Å². The average molecular weight is 454 g/mol. The minimum atomic E-state index is -0.562. The molecule has 0 saturated carbocycles. The van der Waals surface area contributed by atoms with Crippen LogP contribution >= 0.6 is 11.6 Å². The van der Waals surface area contributed by atoms with Crippen molar-refractivity contribution in [2.45, 2.75) is 33.5 Å². The number of methoxy groups -OCH3 is 1. The van der Waals surface area contributed by atoms with Gasteiger partial charge in [0, 0.05) is 41.3 Å². The second-order valence-electron chi connectivity index (χ2n) is 7.15. The molecule has 0 aliphatic carbocycles. The van der Waals surface area contributed by atoms with Gasteiger partial charge in [-0.25, -0.2) is 9.48 Å². The number of aryl methyl sites for hydroxylation is 2. The van der Waals surface area contributed by atoms with E-state index >= 15 is 0 Å². The Morgan fingerprint density at radius 1 is 1.09 bits per heavy atom. The first-order chi connectivity index (χ1) is 15.5. The molecule has 0 saturated heterocycles. The molecule has 0 fully saturated rings. The molecule has 0 radical (unpaired) electrons. The van der Waals surface area contributed by atoms with E-state index in [0.717, 1.165) is 28.6 Å². The Morgan fingerprint density at radius 3 is 2.69 bits per heavy atom. The number of nitrogens with zero attached hydrogens (tertiary/aromatic N) is 4. The first-order valence-corrected chi connectivity index (χ1v) is 10.7. The lowest BCUT2D eigenvalue weighted by Gasteiger charge is -2.08. The Balaban J connectivity index is 1.46. The summed E-state index contributed by atoms with van der Waals surface area (Å²) in [5.74, 6) is 1.13. The van der Waals surface area contributed by atoms with Crippen LogP contribution in [-0.2, 0) is 24.4 Å². The number of amides is 1. The van der Waals surface area contributed by atoms with E-state index in [1.165, 1.54) is 0 Å². The van der Waals surface area contributed by atoms with Crippen molar-refractivity contribution >= 4 is 34.4 Å². The fourth-order valence-corrected chi connectivity index (χ4v) is 3.58. The summed E-state index contributed by atoms with van der Waals surface area (Å²) < 4.78 is 14.4. The molecule has 0 unspecified atom stereocenters. The second kappa shape index (κ2) is 9.32. The molecule has 32 heavy (non-hydrogen) atoms. The van der Waals surface area contributed by atoms with Crippen LogP contribution in [0.4, 0.5) is 10.6 Å². The zero-order chi connectivity index (χ0) is 22.7. The van der Waals surface area contributed by atoms with Crippen LogP contribution in [-0.4, -0.2) is 32.8 Å². The molecule has 0 atom stereocenters. The summed E-state index contributed by atoms with van der Waals surface area (Å²) in [5.41, 5.74) is 3.18. The van der Waals surface area contributed by atoms with Gasteiger partial charge in [0.1, 0.15) is 18.2 Å². The highest BCUT2D eigenvalue weighted by Gasteiger charge is 2.15. The molecule has 4 aromatic rings. The molecule has 0 aliphatic rings. The lowest BCUT2D eigenvalue weighted by atomic mass is 10.1. The van der Waals surface area contributed by atoms with Crippen molar-refractivity contribution in [2.75, 3.05) is 12.4 Å². The third-order valence-corrected chi connectivity index (χ3v) is 5.30. The molecule has 0 bridgehead atoms. The topological polar surface area (TPSA) is 83.2 Å². The highest BCUT2D eigenvalue weighted by Crippen LogP contribution is 2.33. The Bertz CT molecular complexity index is 1260. The zero-order valence-corrected chi connectivity index (χ0v) is 18.9. The lowest BCUT2D eigenvalue weighted by molar-refractivity contribution is 0.155. The summed E-state index contributed by atoms with van der Waals surface area (Å²) in [7, 11) is 1.58. The van der Waals surface area contributed by atoms with Crippen molar-refractivity contribution in [2.24, 2.45) is 0 Å². The largest absolute Gasteiger partial charge is 0.496 e. The highest BCUT2D eigenvalue weighted by atomic mass is 35.5. The van der Waals surface area contributed by atoms with Crippen molar-refractivity contribution < 1.29 is 14.3 Å². The molecule has 9 heteroatoms. The fourth-order valence-electron chi connectivity index (χ4n) is 3.42. The van der Waals surface area contributed by atoms with Gasteiger partial charge < -0.3 is 9.47 Å². The number of aromatic nitrogens is 4. The molecule has 2 aromatic carbocycles. The van der Waals surface area contributed by atoms with Gasteiger partial charge in [-0.05, 0) is 43.7 Å². The van der Waals surface area contributed by atoms with Gasteiger partial charge in [-0.1, -0.05) is 23.7 Å². The standard InChI is InChI=1S/C23H24ClN5O3/c1-4-28-13-16-7-6-15(10-19(16)26-28)14-32-23(30)25-22-12-20(27-29(22)5-2)18-9-8-17(24)11-21(18)31-3/h6-13H,4-5,14H2,1-3H3,(H,25,30). The molecule has 2 heterocycles. The Hall–Kier alpha value is -3.52. The fraction of sp³-hybridized carbons (Fsp3) is 0.261. The third-order valence-electron chi connectivity index (χ3n) is 5.06. The zero-order valence-electron chi connectivity index (χ0n) is 18.1. The van der Waals surface area contributed by atoms with Crippen LogP contribution in [0.2, 0.25) is 5.02 Å². The van der Waals surface area contributed by atoms with Gasteiger partial charge >= 0.3 is 6.09 Å². The molecule has 0 aliphatic heterocycles. The summed E-state index contributed by atoms with van der Waals surface area (Å²) in [6, 6.07) is 12.9. The van der Waals surface area contributed by atoms with Crippen LogP contribution in [0.3, 0.4) is 0 Å². The average Bonchev–Trinajstić information content (AvgIpc) is 3.40. The normalized spacial score (nSPS) is 11.0. The predicted octanol–water partition coefficient (Wildman–Crippen LogP) is 5.35. The summed E-state index contributed by atoms with van der Waals surface area (Å²) >= 11 is 6.06. The van der Waals surface area contributed by atoms with Crippen molar-refractivity contribution in [1.29, 1.82) is 0 Å². The number of hydrogen-bond donors (Lipinski definition) is 1. The molecular weight excluding hydrogens is 430 g/mol. The first kappa shape index (κ1) is 21.7. The number of carbonyl (C=O) groups excluding carboxylic acids is 1. The molecule has 4 rings (SSSR count). The van der Waals surface area contributed by atoms with Gasteiger partial charge in [0.2, 0.25) is 0 Å². The molecule has 2 aromatic heterocycles. The number of rotatable bonds is 7. The number of carbonyl (C=O) groups is 1. The molecule has 8 nitrogen and oxygen atoms in total. The van der Waals surface area contributed by atoms with Crippen molar-refractivity contribution in [1.82, 2.24) is 19.6 Å². The predicted molar refractivity (Wildman–Crippen MR) is 124 cm³/mol. The van der Waals surface area contributed by atoms with Gasteiger partial charge in [0.05, 0.1) is 18.3 Å². The second-order valence-corrected chi connectivity index (χ2v) is 7.59. The van der Waals surface area contributed by atoms with Crippen LogP contribution in [0.5, 0.6) is 5.75 Å². The minimum Gasteiger partial charge on any atom is -0.496 e. The maximum atomic E-state index is 12.4. The summed E-state index contributed by atoms with van der Waals surface area (Å²) in [6.45, 7) is 5.49. The van der Waals surface area contributed by atoms with Crippen LogP contribution in [0, 0.1) is 0 Å². The summed E-state index contributed by atoms with van der Waals surface area (Å²) in [5, 5.41) is 13.5. The quantitative estimate of drug-likeness (QED) is 0.407. The number of anilines is 1. The Labute approximate surface area is 190 Å². The van der Waals surface area contributed by atoms with E-state index in [-0.39, 0.29) is 6.61 Å². The molecule has 1 amide bonds. The monoisotopic (exact) mass is 453 g/mol. The number of halogens is 1. The number of nitrogens with one attached hydrogen (secondary N) is 1. The van der Waals surface area contributed by atoms with Gasteiger partial charge in [-0.3, -0.25) is 10.00 Å². The smallest absolute Gasteiger partial charge is 0.413 e. The number of benzene rings is 2. The van der Waals surface area contributed by atoms with E-state index < -0.39 is 6.09 Å². The Morgan fingerprint density at radius 2 is 1.94 bits per heavy atom. The van der Waals surface area contributed by atoms with Crippen LogP contribution in [0.1, 0.15) is 19.4 Å². The molecule has 166 valence electrons. The molecule has 0 spiro atoms. The minimum absolute atomic E-state index is 0.138. The highest BCUT2D eigenvalue weighted by molar-refractivity contribution is 6.30. The van der Waals surface area contributed by atoms with E-state index in [0.29, 0.717) is 28.8 Å². The maximum absolute atomic E-state index is 12.4. The summed E-state index contributed by atoms with van der Waals surface area (Å²) in [4.78, 5) is 12.4. The maximum Gasteiger partial charge on any atom is 0.413 e. The van der Waals surface area contributed by atoms with Crippen molar-refractivity contribution in [3.63, 3.8) is 0 Å². The SMILES string of the molecule is CCn1cc2ccc(COC(=O)Nc3cc(-c4ccc(Cl)cc4OC)nn3CC)cc2n1. The van der Waals surface area contributed by atoms with Crippen molar-refractivity contribution in [3.05, 3.63) is 59.2 Å². The van der Waals surface area contributed by atoms with Gasteiger partial charge in [0.25, 0.3) is 0 Å². The molecular formula is C23H24ClN5O3. The third kappa shape index (κ3) is 4.55. The van der Waals surface area contributed by atoms with Crippen LogP contribution in [0.15, 0.2) is 48.7 Å². The van der Waals surface area contributed by atoms with E-state index in [2.05, 4.69) is 15.5 Å².